The van der Waals surface area contributed by atoms with Crippen molar-refractivity contribution >= 4 is 40.1 Å². The van der Waals surface area contributed by atoms with Gasteiger partial charge in [0.2, 0.25) is 0 Å². The number of urea groups is 1. The summed E-state index contributed by atoms with van der Waals surface area (Å²) < 4.78 is 5.69. The van der Waals surface area contributed by atoms with Gasteiger partial charge in [-0.25, -0.2) is 9.78 Å². The maximum Gasteiger partial charge on any atom is 0.323 e. The van der Waals surface area contributed by atoms with E-state index in [1.54, 1.807) is 36.4 Å². The number of nitrogens with one attached hydrogen (secondary N) is 2. The van der Waals surface area contributed by atoms with Crippen LogP contribution in [-0.2, 0) is 0 Å². The molecule has 3 rings (SSSR count). The number of benzene rings is 2. The molecule has 0 spiro atoms. The Morgan fingerprint density at radius 3 is 2.43 bits per heavy atom. The summed E-state index contributed by atoms with van der Waals surface area (Å²) in [6.45, 7) is 4.03. The lowest BCUT2D eigenvalue weighted by molar-refractivity contribution is 0.262. The van der Waals surface area contributed by atoms with Gasteiger partial charge in [-0.15, -0.1) is 0 Å². The highest BCUT2D eigenvalue weighted by atomic mass is 35.5. The predicted molar refractivity (Wildman–Crippen MR) is 92.2 cm³/mol. The van der Waals surface area contributed by atoms with Crippen molar-refractivity contribution < 1.29 is 9.21 Å². The third kappa shape index (κ3) is 3.63. The maximum atomic E-state index is 12.0. The van der Waals surface area contributed by atoms with E-state index in [9.17, 15) is 4.79 Å². The van der Waals surface area contributed by atoms with E-state index in [0.717, 1.165) is 5.52 Å². The van der Waals surface area contributed by atoms with E-state index in [4.69, 9.17) is 16.0 Å². The maximum absolute atomic E-state index is 12.0. The van der Waals surface area contributed by atoms with Crippen LogP contribution in [0.2, 0.25) is 5.02 Å². The zero-order chi connectivity index (χ0) is 16.4. The first-order chi connectivity index (χ1) is 11.0. The summed E-state index contributed by atoms with van der Waals surface area (Å²) in [6.07, 6.45) is 0. The van der Waals surface area contributed by atoms with Crippen molar-refractivity contribution in [2.45, 2.75) is 19.8 Å². The molecule has 2 aromatic carbocycles. The number of aromatic nitrogens is 1. The molecule has 23 heavy (non-hydrogen) atoms. The Morgan fingerprint density at radius 2 is 1.74 bits per heavy atom. The van der Waals surface area contributed by atoms with Crippen LogP contribution in [0.25, 0.3) is 11.1 Å². The molecule has 0 atom stereocenters. The lowest BCUT2D eigenvalue weighted by atomic mass is 10.2. The molecule has 1 aromatic heterocycles. The topological polar surface area (TPSA) is 67.2 Å². The number of hydrogen-bond donors (Lipinski definition) is 2. The smallest absolute Gasteiger partial charge is 0.323 e. The molecule has 0 fully saturated rings. The van der Waals surface area contributed by atoms with Crippen LogP contribution in [0.15, 0.2) is 46.9 Å². The Balaban J connectivity index is 1.72. The number of hydrogen-bond acceptors (Lipinski definition) is 3. The Kier molecular flexibility index (Phi) is 4.21. The first-order valence-electron chi connectivity index (χ1n) is 7.25. The zero-order valence-corrected chi connectivity index (χ0v) is 13.5. The number of halogens is 1. The molecule has 2 amide bonds. The summed E-state index contributed by atoms with van der Waals surface area (Å²) in [7, 11) is 0. The lowest BCUT2D eigenvalue weighted by Gasteiger charge is -2.07. The first kappa shape index (κ1) is 15.4. The Labute approximate surface area is 138 Å². The van der Waals surface area contributed by atoms with E-state index in [-0.39, 0.29) is 11.9 Å². The number of fused-ring (bicyclic) bond motifs is 1. The molecule has 118 valence electrons. The van der Waals surface area contributed by atoms with Gasteiger partial charge >= 0.3 is 6.03 Å². The lowest BCUT2D eigenvalue weighted by Crippen LogP contribution is -2.19. The molecule has 5 nitrogen and oxygen atoms in total. The van der Waals surface area contributed by atoms with E-state index in [2.05, 4.69) is 15.6 Å². The third-order valence-corrected chi connectivity index (χ3v) is 3.51. The average Bonchev–Trinajstić information content (AvgIpc) is 2.93. The number of carbonyl (C=O) groups is 1. The fourth-order valence-electron chi connectivity index (χ4n) is 2.09. The van der Waals surface area contributed by atoms with Crippen LogP contribution in [0.4, 0.5) is 16.2 Å². The second-order valence-electron chi connectivity index (χ2n) is 5.48. The van der Waals surface area contributed by atoms with Crippen molar-refractivity contribution in [2.24, 2.45) is 0 Å². The van der Waals surface area contributed by atoms with Gasteiger partial charge in [0, 0.05) is 28.4 Å². The monoisotopic (exact) mass is 329 g/mol. The molecule has 0 aliphatic carbocycles. The van der Waals surface area contributed by atoms with Gasteiger partial charge in [-0.3, -0.25) is 0 Å². The van der Waals surface area contributed by atoms with E-state index >= 15 is 0 Å². The minimum absolute atomic E-state index is 0.215. The highest BCUT2D eigenvalue weighted by molar-refractivity contribution is 6.30. The molecule has 1 heterocycles. The van der Waals surface area contributed by atoms with Crippen molar-refractivity contribution in [2.75, 3.05) is 10.6 Å². The molecule has 0 saturated heterocycles. The van der Waals surface area contributed by atoms with Gasteiger partial charge in [0.15, 0.2) is 11.5 Å². The van der Waals surface area contributed by atoms with Gasteiger partial charge in [-0.1, -0.05) is 25.4 Å². The molecule has 0 aliphatic rings. The van der Waals surface area contributed by atoms with Crippen molar-refractivity contribution in [3.8, 4) is 0 Å². The van der Waals surface area contributed by atoms with Crippen molar-refractivity contribution in [1.29, 1.82) is 0 Å². The van der Waals surface area contributed by atoms with E-state index in [1.807, 2.05) is 19.9 Å². The van der Waals surface area contributed by atoms with Gasteiger partial charge < -0.3 is 15.1 Å². The van der Waals surface area contributed by atoms with Crippen molar-refractivity contribution in [3.63, 3.8) is 0 Å². The van der Waals surface area contributed by atoms with E-state index < -0.39 is 0 Å². The van der Waals surface area contributed by atoms with Crippen LogP contribution in [0.1, 0.15) is 25.7 Å². The SMILES string of the molecule is CC(C)c1nc2ccc(NC(=O)Nc3ccc(Cl)cc3)cc2o1. The summed E-state index contributed by atoms with van der Waals surface area (Å²) in [5.41, 5.74) is 2.72. The largest absolute Gasteiger partial charge is 0.440 e. The fraction of sp³-hybridized carbons (Fsp3) is 0.176. The molecule has 0 aliphatic heterocycles. The zero-order valence-electron chi connectivity index (χ0n) is 12.8. The Morgan fingerprint density at radius 1 is 1.09 bits per heavy atom. The van der Waals surface area contributed by atoms with E-state index in [1.165, 1.54) is 0 Å². The molecular formula is C17H16ClN3O2. The number of amides is 2. The molecule has 0 unspecified atom stereocenters. The third-order valence-electron chi connectivity index (χ3n) is 3.26. The second kappa shape index (κ2) is 6.30. The van der Waals surface area contributed by atoms with Gasteiger partial charge in [0.25, 0.3) is 0 Å². The minimum atomic E-state index is -0.338. The summed E-state index contributed by atoms with van der Waals surface area (Å²) in [4.78, 5) is 16.4. The Hall–Kier alpha value is -2.53. The van der Waals surface area contributed by atoms with Crippen LogP contribution in [0, 0.1) is 0 Å². The molecule has 0 bridgehead atoms. The first-order valence-corrected chi connectivity index (χ1v) is 7.63. The predicted octanol–water partition coefficient (Wildman–Crippen LogP) is 5.25. The highest BCUT2D eigenvalue weighted by Crippen LogP contribution is 2.24. The van der Waals surface area contributed by atoms with Gasteiger partial charge in [-0.05, 0) is 36.4 Å². The normalized spacial score (nSPS) is 11.0. The second-order valence-corrected chi connectivity index (χ2v) is 5.91. The summed E-state index contributed by atoms with van der Waals surface area (Å²) in [6, 6.07) is 11.9. The quantitative estimate of drug-likeness (QED) is 0.689. The number of oxazole rings is 1. The number of anilines is 2. The van der Waals surface area contributed by atoms with Crippen LogP contribution in [0.3, 0.4) is 0 Å². The molecule has 2 N–H and O–H groups in total. The number of carbonyl (C=O) groups excluding carboxylic acids is 1. The van der Waals surface area contributed by atoms with Gasteiger partial charge in [0.1, 0.15) is 5.52 Å². The minimum Gasteiger partial charge on any atom is -0.440 e. The van der Waals surface area contributed by atoms with Crippen molar-refractivity contribution in [3.05, 3.63) is 53.4 Å². The van der Waals surface area contributed by atoms with E-state index in [0.29, 0.717) is 27.9 Å². The molecule has 0 saturated carbocycles. The fourth-order valence-corrected chi connectivity index (χ4v) is 2.22. The van der Waals surface area contributed by atoms with Crippen LogP contribution in [0.5, 0.6) is 0 Å². The molecule has 0 radical (unpaired) electrons. The van der Waals surface area contributed by atoms with Crippen LogP contribution in [-0.4, -0.2) is 11.0 Å². The average molecular weight is 330 g/mol. The van der Waals surface area contributed by atoms with Crippen LogP contribution < -0.4 is 10.6 Å². The summed E-state index contributed by atoms with van der Waals surface area (Å²) >= 11 is 5.81. The highest BCUT2D eigenvalue weighted by Gasteiger charge is 2.10. The molecular weight excluding hydrogens is 314 g/mol. The molecule has 6 heteroatoms. The number of rotatable bonds is 3. The van der Waals surface area contributed by atoms with Crippen LogP contribution >= 0.6 is 11.6 Å². The molecule has 3 aromatic rings. The standard InChI is InChI=1S/C17H16ClN3O2/c1-10(2)16-21-14-8-7-13(9-15(14)23-16)20-17(22)19-12-5-3-11(18)4-6-12/h3-10H,1-2H3,(H2,19,20,22). The number of nitrogens with zero attached hydrogens (tertiary/aromatic N) is 1. The Bertz CT molecular complexity index is 841. The summed E-state index contributed by atoms with van der Waals surface area (Å²) in [5, 5.41) is 6.12. The van der Waals surface area contributed by atoms with Gasteiger partial charge in [-0.2, -0.15) is 0 Å². The van der Waals surface area contributed by atoms with Gasteiger partial charge in [0.05, 0.1) is 0 Å². The van der Waals surface area contributed by atoms with Crippen molar-refractivity contribution in [1.82, 2.24) is 4.98 Å². The summed E-state index contributed by atoms with van der Waals surface area (Å²) in [5.74, 6) is 0.898.